The normalized spacial score (nSPS) is 10.0. The Morgan fingerprint density at radius 2 is 2.15 bits per heavy atom. The van der Waals surface area contributed by atoms with E-state index in [1.165, 1.54) is 25.0 Å². The van der Waals surface area contributed by atoms with Gasteiger partial charge in [0.1, 0.15) is 5.82 Å². The van der Waals surface area contributed by atoms with Gasteiger partial charge in [0.2, 0.25) is 0 Å². The maximum atomic E-state index is 12.7. The minimum Gasteiger partial charge on any atom is -0.385 e. The first kappa shape index (κ1) is 10.0. The van der Waals surface area contributed by atoms with E-state index in [0.717, 1.165) is 18.7 Å². The smallest absolute Gasteiger partial charge is 0.125 e. The van der Waals surface area contributed by atoms with E-state index < -0.39 is 0 Å². The molecule has 2 heteroatoms. The summed E-state index contributed by atoms with van der Waals surface area (Å²) in [6, 6.07) is 6.58. The summed E-state index contributed by atoms with van der Waals surface area (Å²) in [5.74, 6) is -0.180. The summed E-state index contributed by atoms with van der Waals surface area (Å²) in [5, 5.41) is 3.18. The van der Waals surface area contributed by atoms with Crippen LogP contribution in [0.3, 0.4) is 0 Å². The molecule has 1 aromatic carbocycles. The molecule has 72 valence electrons. The number of rotatable bonds is 5. The zero-order valence-corrected chi connectivity index (χ0v) is 8.02. The molecule has 0 saturated carbocycles. The standard InChI is InChI=1S/C11H16FN/c1-2-3-4-8-13-11-7-5-6-10(12)9-11/h5-7,9,13H,2-4,8H2,1H3. The lowest BCUT2D eigenvalue weighted by molar-refractivity contribution is 0.628. The fraction of sp³-hybridized carbons (Fsp3) is 0.455. The SMILES string of the molecule is CCCCCNc1cccc(F)c1. The maximum absolute atomic E-state index is 12.7. The molecular weight excluding hydrogens is 165 g/mol. The molecule has 0 heterocycles. The van der Waals surface area contributed by atoms with Crippen molar-refractivity contribution in [3.63, 3.8) is 0 Å². The summed E-state index contributed by atoms with van der Waals surface area (Å²) < 4.78 is 12.7. The second-order valence-corrected chi connectivity index (χ2v) is 3.14. The minimum absolute atomic E-state index is 0.180. The highest BCUT2D eigenvalue weighted by Crippen LogP contribution is 2.09. The van der Waals surface area contributed by atoms with Crippen molar-refractivity contribution in [3.05, 3.63) is 30.1 Å². The van der Waals surface area contributed by atoms with Crippen molar-refractivity contribution < 1.29 is 4.39 Å². The van der Waals surface area contributed by atoms with E-state index in [0.29, 0.717) is 0 Å². The van der Waals surface area contributed by atoms with E-state index in [1.54, 1.807) is 6.07 Å². The molecule has 1 aromatic rings. The van der Waals surface area contributed by atoms with Crippen LogP contribution in [-0.2, 0) is 0 Å². The predicted molar refractivity (Wildman–Crippen MR) is 54.4 cm³/mol. The van der Waals surface area contributed by atoms with Crippen molar-refractivity contribution in [2.75, 3.05) is 11.9 Å². The Balaban J connectivity index is 2.28. The van der Waals surface area contributed by atoms with Crippen LogP contribution in [0.25, 0.3) is 0 Å². The second kappa shape index (κ2) is 5.57. The predicted octanol–water partition coefficient (Wildman–Crippen LogP) is 3.43. The number of anilines is 1. The molecule has 1 rings (SSSR count). The number of halogens is 1. The van der Waals surface area contributed by atoms with Crippen LogP contribution in [0.15, 0.2) is 24.3 Å². The number of unbranched alkanes of at least 4 members (excludes halogenated alkanes) is 2. The monoisotopic (exact) mass is 181 g/mol. The molecule has 0 fully saturated rings. The molecule has 0 aliphatic heterocycles. The van der Waals surface area contributed by atoms with Crippen molar-refractivity contribution >= 4 is 5.69 Å². The van der Waals surface area contributed by atoms with E-state index in [9.17, 15) is 4.39 Å². The van der Waals surface area contributed by atoms with Gasteiger partial charge < -0.3 is 5.32 Å². The summed E-state index contributed by atoms with van der Waals surface area (Å²) in [4.78, 5) is 0. The van der Waals surface area contributed by atoms with E-state index in [2.05, 4.69) is 12.2 Å². The summed E-state index contributed by atoms with van der Waals surface area (Å²) in [7, 11) is 0. The van der Waals surface area contributed by atoms with Crippen LogP contribution >= 0.6 is 0 Å². The van der Waals surface area contributed by atoms with Crippen molar-refractivity contribution in [1.29, 1.82) is 0 Å². The van der Waals surface area contributed by atoms with Crippen molar-refractivity contribution in [3.8, 4) is 0 Å². The number of hydrogen-bond acceptors (Lipinski definition) is 1. The Hall–Kier alpha value is -1.05. The molecule has 0 radical (unpaired) electrons. The average Bonchev–Trinajstić information content (AvgIpc) is 2.13. The lowest BCUT2D eigenvalue weighted by Gasteiger charge is -2.04. The highest BCUT2D eigenvalue weighted by molar-refractivity contribution is 5.42. The Bertz CT molecular complexity index is 248. The van der Waals surface area contributed by atoms with Gasteiger partial charge in [-0.05, 0) is 24.6 Å². The Morgan fingerprint density at radius 1 is 1.31 bits per heavy atom. The highest BCUT2D eigenvalue weighted by atomic mass is 19.1. The average molecular weight is 181 g/mol. The lowest BCUT2D eigenvalue weighted by Crippen LogP contribution is -2.00. The third kappa shape index (κ3) is 3.92. The summed E-state index contributed by atoms with van der Waals surface area (Å²) >= 11 is 0. The van der Waals surface area contributed by atoms with Crippen LogP contribution in [0.1, 0.15) is 26.2 Å². The fourth-order valence-electron chi connectivity index (χ4n) is 1.21. The Kier molecular flexibility index (Phi) is 4.30. The van der Waals surface area contributed by atoms with Crippen LogP contribution in [-0.4, -0.2) is 6.54 Å². The number of hydrogen-bond donors (Lipinski definition) is 1. The van der Waals surface area contributed by atoms with Crippen molar-refractivity contribution in [2.45, 2.75) is 26.2 Å². The summed E-state index contributed by atoms with van der Waals surface area (Å²) in [6.45, 7) is 3.10. The van der Waals surface area contributed by atoms with Crippen molar-refractivity contribution in [1.82, 2.24) is 0 Å². The zero-order chi connectivity index (χ0) is 9.52. The lowest BCUT2D eigenvalue weighted by atomic mass is 10.2. The topological polar surface area (TPSA) is 12.0 Å². The molecule has 0 amide bonds. The fourth-order valence-corrected chi connectivity index (χ4v) is 1.21. The minimum atomic E-state index is -0.180. The molecule has 0 bridgehead atoms. The third-order valence-electron chi connectivity index (χ3n) is 1.93. The van der Waals surface area contributed by atoms with Gasteiger partial charge in [0.15, 0.2) is 0 Å². The molecule has 1 N–H and O–H groups in total. The van der Waals surface area contributed by atoms with Gasteiger partial charge >= 0.3 is 0 Å². The van der Waals surface area contributed by atoms with Gasteiger partial charge in [0.05, 0.1) is 0 Å². The van der Waals surface area contributed by atoms with Crippen LogP contribution in [0.4, 0.5) is 10.1 Å². The van der Waals surface area contributed by atoms with Crippen LogP contribution in [0, 0.1) is 5.82 Å². The zero-order valence-electron chi connectivity index (χ0n) is 8.02. The van der Waals surface area contributed by atoms with Crippen LogP contribution < -0.4 is 5.32 Å². The van der Waals surface area contributed by atoms with E-state index in [4.69, 9.17) is 0 Å². The van der Waals surface area contributed by atoms with Gasteiger partial charge in [-0.3, -0.25) is 0 Å². The van der Waals surface area contributed by atoms with Gasteiger partial charge in [-0.2, -0.15) is 0 Å². The molecular formula is C11H16FN. The molecule has 0 spiro atoms. The van der Waals surface area contributed by atoms with Gasteiger partial charge in [0.25, 0.3) is 0 Å². The highest BCUT2D eigenvalue weighted by Gasteiger charge is 1.92. The van der Waals surface area contributed by atoms with Gasteiger partial charge in [-0.15, -0.1) is 0 Å². The molecule has 1 nitrogen and oxygen atoms in total. The summed E-state index contributed by atoms with van der Waals surface area (Å²) in [6.07, 6.45) is 3.58. The third-order valence-corrected chi connectivity index (χ3v) is 1.93. The van der Waals surface area contributed by atoms with Gasteiger partial charge in [-0.25, -0.2) is 4.39 Å². The maximum Gasteiger partial charge on any atom is 0.125 e. The van der Waals surface area contributed by atoms with Crippen molar-refractivity contribution in [2.24, 2.45) is 0 Å². The largest absolute Gasteiger partial charge is 0.385 e. The molecule has 0 unspecified atom stereocenters. The van der Waals surface area contributed by atoms with Crippen LogP contribution in [0.5, 0.6) is 0 Å². The molecule has 0 aromatic heterocycles. The van der Waals surface area contributed by atoms with Gasteiger partial charge in [0, 0.05) is 12.2 Å². The molecule has 13 heavy (non-hydrogen) atoms. The molecule has 0 aliphatic carbocycles. The second-order valence-electron chi connectivity index (χ2n) is 3.14. The first-order valence-electron chi connectivity index (χ1n) is 4.82. The van der Waals surface area contributed by atoms with E-state index >= 15 is 0 Å². The molecule has 0 atom stereocenters. The Labute approximate surface area is 79.0 Å². The summed E-state index contributed by atoms with van der Waals surface area (Å²) in [5.41, 5.74) is 0.871. The Morgan fingerprint density at radius 3 is 2.85 bits per heavy atom. The van der Waals surface area contributed by atoms with Crippen LogP contribution in [0.2, 0.25) is 0 Å². The molecule has 0 saturated heterocycles. The number of benzene rings is 1. The molecule has 0 aliphatic rings. The first-order valence-corrected chi connectivity index (χ1v) is 4.82. The first-order chi connectivity index (χ1) is 6.33. The van der Waals surface area contributed by atoms with E-state index in [-0.39, 0.29) is 5.82 Å². The number of nitrogens with one attached hydrogen (secondary N) is 1. The van der Waals surface area contributed by atoms with Gasteiger partial charge in [-0.1, -0.05) is 25.8 Å². The van der Waals surface area contributed by atoms with E-state index in [1.807, 2.05) is 6.07 Å². The quantitative estimate of drug-likeness (QED) is 0.686.